The summed E-state index contributed by atoms with van der Waals surface area (Å²) >= 11 is 0. The highest BCUT2D eigenvalue weighted by molar-refractivity contribution is 5.93. The summed E-state index contributed by atoms with van der Waals surface area (Å²) in [5, 5.41) is 4.67. The number of carbonyl (C=O) groups excluding carboxylic acids is 1. The molecule has 1 fully saturated rings. The van der Waals surface area contributed by atoms with Crippen molar-refractivity contribution in [2.24, 2.45) is 7.05 Å². The van der Waals surface area contributed by atoms with E-state index < -0.39 is 17.5 Å². The number of rotatable bonds is 2. The first-order chi connectivity index (χ1) is 15.8. The van der Waals surface area contributed by atoms with Gasteiger partial charge in [-0.3, -0.25) is 9.48 Å². The molecule has 1 saturated heterocycles. The van der Waals surface area contributed by atoms with Crippen molar-refractivity contribution in [2.45, 2.75) is 63.6 Å². The zero-order valence-electron chi connectivity index (χ0n) is 18.5. The summed E-state index contributed by atoms with van der Waals surface area (Å²) in [6, 6.07) is 2.02. The average Bonchev–Trinajstić information content (AvgIpc) is 3.45. The summed E-state index contributed by atoms with van der Waals surface area (Å²) in [6.45, 7) is 2.12. The first kappa shape index (κ1) is 20.5. The van der Waals surface area contributed by atoms with Crippen molar-refractivity contribution in [2.75, 3.05) is 0 Å². The Bertz CT molecular complexity index is 1270. The summed E-state index contributed by atoms with van der Waals surface area (Å²) in [5.74, 6) is -3.01. The molecule has 6 rings (SSSR count). The van der Waals surface area contributed by atoms with Gasteiger partial charge in [0.1, 0.15) is 11.5 Å². The number of hydrogen-bond acceptors (Lipinski definition) is 3. The maximum atomic E-state index is 14.0. The van der Waals surface area contributed by atoms with Gasteiger partial charge in [0.05, 0.1) is 23.6 Å². The molecule has 6 nitrogen and oxygen atoms in total. The van der Waals surface area contributed by atoms with Crippen LogP contribution in [0.4, 0.5) is 13.2 Å². The van der Waals surface area contributed by atoms with Crippen LogP contribution in [0.5, 0.6) is 0 Å². The van der Waals surface area contributed by atoms with E-state index in [-0.39, 0.29) is 29.6 Å². The topological polar surface area (TPSA) is 56.0 Å². The lowest BCUT2D eigenvalue weighted by atomic mass is 9.94. The van der Waals surface area contributed by atoms with Crippen LogP contribution in [0.25, 0.3) is 11.3 Å². The smallest absolute Gasteiger partial charge is 0.272 e. The largest absolute Gasteiger partial charge is 0.325 e. The van der Waals surface area contributed by atoms with Gasteiger partial charge in [0.15, 0.2) is 17.5 Å². The lowest BCUT2D eigenvalue weighted by Gasteiger charge is -2.35. The van der Waals surface area contributed by atoms with Gasteiger partial charge in [-0.1, -0.05) is 0 Å². The minimum Gasteiger partial charge on any atom is -0.325 e. The third-order valence-electron chi connectivity index (χ3n) is 7.48. The number of hydrogen-bond donors (Lipinski definition) is 0. The zero-order chi connectivity index (χ0) is 23.0. The Kier molecular flexibility index (Phi) is 4.47. The molecule has 3 unspecified atom stereocenters. The van der Waals surface area contributed by atoms with Crippen molar-refractivity contribution in [1.29, 1.82) is 0 Å². The molecule has 0 saturated carbocycles. The van der Waals surface area contributed by atoms with Gasteiger partial charge < -0.3 is 9.47 Å². The Hall–Kier alpha value is -3.10. The number of halogens is 3. The monoisotopic (exact) mass is 455 g/mol. The van der Waals surface area contributed by atoms with E-state index in [0.717, 1.165) is 61.3 Å². The zero-order valence-corrected chi connectivity index (χ0v) is 18.5. The van der Waals surface area contributed by atoms with Gasteiger partial charge >= 0.3 is 0 Å². The lowest BCUT2D eigenvalue weighted by Crippen LogP contribution is -2.43. The quantitative estimate of drug-likeness (QED) is 0.535. The normalized spacial score (nSPS) is 23.5. The van der Waals surface area contributed by atoms with Crippen LogP contribution in [0, 0.1) is 17.5 Å². The molecule has 3 aliphatic heterocycles. The van der Waals surface area contributed by atoms with Gasteiger partial charge in [0.25, 0.3) is 5.91 Å². The standard InChI is InChI=1S/C24H24F3N5O/c1-12-4-3-5-20-28-11-19(31(12)20)24(33)32-14-6-7-18(32)22-15(10-14)23(30(2)29-22)13-8-16(25)21(27)17(26)9-13/h8-9,11-12,14,18H,3-7,10H2,1-2H3. The molecule has 3 atom stereocenters. The highest BCUT2D eigenvalue weighted by atomic mass is 19.2. The van der Waals surface area contributed by atoms with Crippen molar-refractivity contribution >= 4 is 5.91 Å². The molecule has 2 aromatic heterocycles. The highest BCUT2D eigenvalue weighted by Crippen LogP contribution is 2.47. The van der Waals surface area contributed by atoms with Crippen LogP contribution in [0.15, 0.2) is 18.3 Å². The molecule has 0 spiro atoms. The molecule has 3 aliphatic rings. The fraction of sp³-hybridized carbons (Fsp3) is 0.458. The first-order valence-corrected chi connectivity index (χ1v) is 11.4. The van der Waals surface area contributed by atoms with E-state index in [2.05, 4.69) is 21.6 Å². The molecule has 1 amide bonds. The second-order valence-electron chi connectivity index (χ2n) is 9.42. The molecule has 3 aromatic rings. The molecule has 33 heavy (non-hydrogen) atoms. The number of imidazole rings is 1. The van der Waals surface area contributed by atoms with Gasteiger partial charge in [0, 0.05) is 36.7 Å². The summed E-state index contributed by atoms with van der Waals surface area (Å²) in [6.07, 6.45) is 6.82. The Labute approximate surface area is 189 Å². The van der Waals surface area contributed by atoms with Crippen LogP contribution in [0.2, 0.25) is 0 Å². The Balaban J connectivity index is 1.40. The maximum absolute atomic E-state index is 14.0. The number of fused-ring (bicyclic) bond motifs is 5. The van der Waals surface area contributed by atoms with Gasteiger partial charge in [0.2, 0.25) is 0 Å². The van der Waals surface area contributed by atoms with E-state index in [1.54, 1.807) is 17.9 Å². The second kappa shape index (κ2) is 7.20. The van der Waals surface area contributed by atoms with Crippen molar-refractivity contribution in [3.05, 3.63) is 58.6 Å². The molecule has 172 valence electrons. The van der Waals surface area contributed by atoms with E-state index in [1.807, 2.05) is 4.90 Å². The van der Waals surface area contributed by atoms with Gasteiger partial charge in [-0.05, 0) is 51.2 Å². The molecular weight excluding hydrogens is 431 g/mol. The molecule has 0 radical (unpaired) electrons. The summed E-state index contributed by atoms with van der Waals surface area (Å²) in [7, 11) is 1.71. The van der Waals surface area contributed by atoms with Crippen LogP contribution >= 0.6 is 0 Å². The highest BCUT2D eigenvalue weighted by Gasteiger charge is 2.46. The Morgan fingerprint density at radius 3 is 2.64 bits per heavy atom. The van der Waals surface area contributed by atoms with Crippen molar-refractivity contribution in [1.82, 2.24) is 24.2 Å². The van der Waals surface area contributed by atoms with Crippen LogP contribution in [0.1, 0.15) is 72.3 Å². The minimum atomic E-state index is -1.48. The SMILES string of the molecule is CC1CCCc2ncc(C(=O)N3C4CCC3c3nn(C)c(-c5cc(F)c(F)c(F)c5)c3C4)n21. The van der Waals surface area contributed by atoms with E-state index in [4.69, 9.17) is 0 Å². The molecule has 2 bridgehead atoms. The van der Waals surface area contributed by atoms with Crippen molar-refractivity contribution in [3.8, 4) is 11.3 Å². The fourth-order valence-corrected chi connectivity index (χ4v) is 6.06. The number of aromatic nitrogens is 4. The van der Waals surface area contributed by atoms with E-state index in [1.165, 1.54) is 0 Å². The number of nitrogens with zero attached hydrogens (tertiary/aromatic N) is 5. The van der Waals surface area contributed by atoms with Crippen LogP contribution in [-0.2, 0) is 19.9 Å². The fourth-order valence-electron chi connectivity index (χ4n) is 6.06. The van der Waals surface area contributed by atoms with E-state index in [9.17, 15) is 18.0 Å². The first-order valence-electron chi connectivity index (χ1n) is 11.4. The van der Waals surface area contributed by atoms with Crippen molar-refractivity contribution in [3.63, 3.8) is 0 Å². The lowest BCUT2D eigenvalue weighted by molar-refractivity contribution is 0.0627. The second-order valence-corrected chi connectivity index (χ2v) is 9.42. The Morgan fingerprint density at radius 1 is 1.12 bits per heavy atom. The van der Waals surface area contributed by atoms with Gasteiger partial charge in [-0.15, -0.1) is 0 Å². The Morgan fingerprint density at radius 2 is 1.88 bits per heavy atom. The van der Waals surface area contributed by atoms with E-state index in [0.29, 0.717) is 17.8 Å². The predicted molar refractivity (Wildman–Crippen MR) is 114 cm³/mol. The van der Waals surface area contributed by atoms with Crippen LogP contribution in [-0.4, -0.2) is 36.2 Å². The number of amides is 1. The number of carbonyl (C=O) groups is 1. The third-order valence-corrected chi connectivity index (χ3v) is 7.48. The molecule has 1 aromatic carbocycles. The van der Waals surface area contributed by atoms with Crippen LogP contribution < -0.4 is 0 Å². The number of benzene rings is 1. The van der Waals surface area contributed by atoms with Gasteiger partial charge in [-0.2, -0.15) is 5.10 Å². The van der Waals surface area contributed by atoms with Gasteiger partial charge in [-0.25, -0.2) is 18.2 Å². The third kappa shape index (κ3) is 2.90. The number of aryl methyl sites for hydroxylation is 2. The molecule has 0 N–H and O–H groups in total. The summed E-state index contributed by atoms with van der Waals surface area (Å²) in [4.78, 5) is 20.2. The minimum absolute atomic E-state index is 0.0295. The molecule has 5 heterocycles. The van der Waals surface area contributed by atoms with E-state index >= 15 is 0 Å². The molecule has 9 heteroatoms. The van der Waals surface area contributed by atoms with Crippen LogP contribution in [0.3, 0.4) is 0 Å². The summed E-state index contributed by atoms with van der Waals surface area (Å²) < 4.78 is 45.1. The average molecular weight is 455 g/mol. The summed E-state index contributed by atoms with van der Waals surface area (Å²) in [5.41, 5.74) is 3.08. The molecular formula is C24H24F3N5O. The van der Waals surface area contributed by atoms with Crippen molar-refractivity contribution < 1.29 is 18.0 Å². The predicted octanol–water partition coefficient (Wildman–Crippen LogP) is 4.50. The molecule has 0 aliphatic carbocycles. The maximum Gasteiger partial charge on any atom is 0.272 e.